The van der Waals surface area contributed by atoms with Crippen molar-refractivity contribution in [3.8, 4) is 5.88 Å². The van der Waals surface area contributed by atoms with E-state index in [2.05, 4.69) is 38.0 Å². The third kappa shape index (κ3) is 4.35. The molecule has 32 heavy (non-hydrogen) atoms. The number of hydrogen-bond donors (Lipinski definition) is 4. The van der Waals surface area contributed by atoms with Gasteiger partial charge in [0.2, 0.25) is 17.7 Å². The summed E-state index contributed by atoms with van der Waals surface area (Å²) in [7, 11) is 3.66. The lowest BCUT2D eigenvalue weighted by Gasteiger charge is -2.50. The quantitative estimate of drug-likeness (QED) is 0.485. The van der Waals surface area contributed by atoms with Gasteiger partial charge in [-0.05, 0) is 44.9 Å². The molecule has 2 bridgehead atoms. The molecule has 1 aliphatic carbocycles. The smallest absolute Gasteiger partial charge is 0.230 e. The highest BCUT2D eigenvalue weighted by Gasteiger charge is 2.46. The molecular weight excluding hydrogens is 410 g/mol. The Labute approximate surface area is 189 Å². The highest BCUT2D eigenvalue weighted by atomic mass is 16.5. The monoisotopic (exact) mass is 445 g/mol. The molecule has 176 valence electrons. The van der Waals surface area contributed by atoms with Gasteiger partial charge in [-0.3, -0.25) is 10.2 Å². The number of rotatable bonds is 7. The fourth-order valence-electron chi connectivity index (χ4n) is 5.50. The Hall–Kier alpha value is -2.17. The molecule has 1 saturated carbocycles. The molecule has 4 aliphatic rings. The number of aromatic nitrogens is 2. The number of amides is 1. The molecule has 1 aromatic rings. The molecule has 1 amide bonds. The van der Waals surface area contributed by atoms with Crippen molar-refractivity contribution in [1.29, 1.82) is 0 Å². The van der Waals surface area contributed by atoms with Crippen LogP contribution in [0.15, 0.2) is 6.07 Å². The second kappa shape index (κ2) is 8.99. The summed E-state index contributed by atoms with van der Waals surface area (Å²) in [6, 6.07) is 2.75. The number of fused-ring (bicyclic) bond motifs is 2. The molecule has 5 rings (SSSR count). The zero-order valence-corrected chi connectivity index (χ0v) is 19.0. The van der Waals surface area contributed by atoms with Gasteiger partial charge < -0.3 is 25.0 Å². The van der Waals surface area contributed by atoms with Gasteiger partial charge in [0, 0.05) is 49.6 Å². The first-order valence-corrected chi connectivity index (χ1v) is 11.9. The van der Waals surface area contributed by atoms with E-state index in [0.717, 1.165) is 44.9 Å². The maximum absolute atomic E-state index is 12.9. The average molecular weight is 446 g/mol. The van der Waals surface area contributed by atoms with Gasteiger partial charge >= 0.3 is 0 Å². The summed E-state index contributed by atoms with van der Waals surface area (Å²) in [5, 5.41) is 12.7. The van der Waals surface area contributed by atoms with Gasteiger partial charge in [-0.15, -0.1) is 0 Å². The number of methoxy groups -OCH3 is 1. The van der Waals surface area contributed by atoms with Crippen LogP contribution in [0.1, 0.15) is 51.4 Å². The van der Waals surface area contributed by atoms with Crippen LogP contribution in [0.25, 0.3) is 0 Å². The third-order valence-electron chi connectivity index (χ3n) is 7.42. The van der Waals surface area contributed by atoms with E-state index in [0.29, 0.717) is 41.7 Å². The minimum absolute atomic E-state index is 0.0151. The maximum atomic E-state index is 12.9. The van der Waals surface area contributed by atoms with E-state index in [1.54, 1.807) is 13.2 Å². The lowest BCUT2D eigenvalue weighted by Crippen LogP contribution is -2.59. The summed E-state index contributed by atoms with van der Waals surface area (Å²) < 4.78 is 5.45. The molecule has 3 aliphatic heterocycles. The van der Waals surface area contributed by atoms with E-state index in [1.807, 2.05) is 0 Å². The summed E-state index contributed by atoms with van der Waals surface area (Å²) in [5.41, 5.74) is 6.20. The van der Waals surface area contributed by atoms with Gasteiger partial charge in [0.15, 0.2) is 0 Å². The second-order valence-electron chi connectivity index (χ2n) is 9.69. The Morgan fingerprint density at radius 2 is 1.97 bits per heavy atom. The molecule has 4 N–H and O–H groups in total. The summed E-state index contributed by atoms with van der Waals surface area (Å²) in [4.78, 5) is 26.7. The summed E-state index contributed by atoms with van der Waals surface area (Å²) >= 11 is 0. The summed E-state index contributed by atoms with van der Waals surface area (Å²) in [6.45, 7) is 0.0799. The van der Waals surface area contributed by atoms with E-state index < -0.39 is 0 Å². The van der Waals surface area contributed by atoms with Crippen molar-refractivity contribution in [2.24, 2.45) is 5.92 Å². The minimum atomic E-state index is -0.0408. The van der Waals surface area contributed by atoms with Crippen molar-refractivity contribution in [2.45, 2.75) is 81.7 Å². The number of hydrogen-bond acceptors (Lipinski definition) is 9. The molecular formula is C22H35N7O3. The maximum Gasteiger partial charge on any atom is 0.230 e. The lowest BCUT2D eigenvalue weighted by atomic mass is 9.81. The number of hydrazine groups is 1. The standard InChI is InChI=1S/C22H35N7O3/c1-28(17-9-15-4-3-5-16(10-17)29(15)21(31)13-6-7-13)22-24-18(11-20(25-22)32-2)23-19-8-14(12-30)26-27-19/h11,13-17,19,26-27,30H,3-10,12H2,1-2H3,(H,23,24,25)/t14?,15-,16+,17?,19?. The topological polar surface area (TPSA) is 115 Å². The summed E-state index contributed by atoms with van der Waals surface area (Å²) in [5.74, 6) is 2.49. The van der Waals surface area contributed by atoms with E-state index >= 15 is 0 Å². The number of anilines is 2. The first-order valence-electron chi connectivity index (χ1n) is 11.9. The Morgan fingerprint density at radius 3 is 2.59 bits per heavy atom. The molecule has 0 aromatic carbocycles. The lowest BCUT2D eigenvalue weighted by molar-refractivity contribution is -0.142. The van der Waals surface area contributed by atoms with Crippen molar-refractivity contribution in [1.82, 2.24) is 25.7 Å². The fourth-order valence-corrected chi connectivity index (χ4v) is 5.50. The number of nitrogens with one attached hydrogen (secondary N) is 3. The number of ether oxygens (including phenoxy) is 1. The zero-order chi connectivity index (χ0) is 22.2. The van der Waals surface area contributed by atoms with Gasteiger partial charge in [0.05, 0.1) is 19.9 Å². The Balaban J connectivity index is 1.30. The van der Waals surface area contributed by atoms with Crippen molar-refractivity contribution in [3.63, 3.8) is 0 Å². The minimum Gasteiger partial charge on any atom is -0.481 e. The molecule has 3 saturated heterocycles. The molecule has 10 nitrogen and oxygen atoms in total. The van der Waals surface area contributed by atoms with E-state index in [-0.39, 0.29) is 24.7 Å². The highest BCUT2D eigenvalue weighted by molar-refractivity contribution is 5.82. The molecule has 10 heteroatoms. The zero-order valence-electron chi connectivity index (χ0n) is 19.0. The number of aliphatic hydroxyl groups excluding tert-OH is 1. The largest absolute Gasteiger partial charge is 0.481 e. The fraction of sp³-hybridized carbons (Fsp3) is 0.773. The first-order chi connectivity index (χ1) is 15.6. The van der Waals surface area contributed by atoms with E-state index in [4.69, 9.17) is 9.72 Å². The van der Waals surface area contributed by atoms with Crippen molar-refractivity contribution in [3.05, 3.63) is 6.07 Å². The molecule has 4 heterocycles. The molecule has 4 fully saturated rings. The molecule has 5 atom stereocenters. The number of aliphatic hydroxyl groups is 1. The highest BCUT2D eigenvalue weighted by Crippen LogP contribution is 2.41. The van der Waals surface area contributed by atoms with Crippen molar-refractivity contribution >= 4 is 17.7 Å². The van der Waals surface area contributed by atoms with Crippen LogP contribution >= 0.6 is 0 Å². The van der Waals surface area contributed by atoms with Crippen LogP contribution in [0.3, 0.4) is 0 Å². The van der Waals surface area contributed by atoms with Crippen LogP contribution < -0.4 is 25.8 Å². The third-order valence-corrected chi connectivity index (χ3v) is 7.42. The van der Waals surface area contributed by atoms with Gasteiger partial charge in [-0.25, -0.2) is 5.43 Å². The van der Waals surface area contributed by atoms with Crippen molar-refractivity contribution < 1.29 is 14.6 Å². The van der Waals surface area contributed by atoms with Crippen molar-refractivity contribution in [2.75, 3.05) is 31.0 Å². The Morgan fingerprint density at radius 1 is 1.22 bits per heavy atom. The number of nitrogens with zero attached hydrogens (tertiary/aromatic N) is 4. The van der Waals surface area contributed by atoms with Gasteiger partial charge in [-0.2, -0.15) is 9.97 Å². The predicted molar refractivity (Wildman–Crippen MR) is 120 cm³/mol. The van der Waals surface area contributed by atoms with Crippen LogP contribution in [-0.2, 0) is 4.79 Å². The van der Waals surface area contributed by atoms with Gasteiger partial charge in [-0.1, -0.05) is 0 Å². The van der Waals surface area contributed by atoms with Crippen LogP contribution in [0.4, 0.5) is 11.8 Å². The van der Waals surface area contributed by atoms with E-state index in [1.165, 1.54) is 6.42 Å². The first kappa shape index (κ1) is 21.7. The Bertz CT molecular complexity index is 822. The predicted octanol–water partition coefficient (Wildman–Crippen LogP) is 0.840. The second-order valence-corrected chi connectivity index (χ2v) is 9.69. The normalized spacial score (nSPS) is 32.0. The van der Waals surface area contributed by atoms with Crippen LogP contribution in [0.2, 0.25) is 0 Å². The van der Waals surface area contributed by atoms with Crippen LogP contribution in [0, 0.1) is 5.92 Å². The van der Waals surface area contributed by atoms with Gasteiger partial charge in [0.1, 0.15) is 5.82 Å². The molecule has 0 radical (unpaired) electrons. The number of carbonyl (C=O) groups is 1. The van der Waals surface area contributed by atoms with E-state index in [9.17, 15) is 9.90 Å². The number of carbonyl (C=O) groups excluding carboxylic acids is 1. The summed E-state index contributed by atoms with van der Waals surface area (Å²) in [6.07, 6.45) is 8.15. The van der Waals surface area contributed by atoms with Gasteiger partial charge in [0.25, 0.3) is 0 Å². The van der Waals surface area contributed by atoms with Crippen LogP contribution in [-0.4, -0.2) is 77.0 Å². The molecule has 1 aromatic heterocycles. The number of piperidine rings is 2. The molecule has 0 spiro atoms. The SMILES string of the molecule is COc1cc(NC2CC(CO)NN2)nc(N(C)C2C[C@H]3CCC[C@@H](C2)N3C(=O)C2CC2)n1. The average Bonchev–Trinajstić information content (AvgIpc) is 3.56. The van der Waals surface area contributed by atoms with Crippen LogP contribution in [0.5, 0.6) is 5.88 Å². The Kier molecular flexibility index (Phi) is 6.09. The molecule has 3 unspecified atom stereocenters.